The summed E-state index contributed by atoms with van der Waals surface area (Å²) in [4.78, 5) is 52.3. The van der Waals surface area contributed by atoms with Crippen LogP contribution in [-0.2, 0) is 84.2 Å². The van der Waals surface area contributed by atoms with Crippen molar-refractivity contribution in [3.8, 4) is 0 Å². The van der Waals surface area contributed by atoms with Crippen LogP contribution < -0.4 is 27.4 Å². The number of hydrogen-bond donors (Lipinski definition) is 5. The van der Waals surface area contributed by atoms with Gasteiger partial charge in [-0.05, 0) is 173 Å². The van der Waals surface area contributed by atoms with Gasteiger partial charge in [-0.15, -0.1) is 4.91 Å². The van der Waals surface area contributed by atoms with Gasteiger partial charge in [0.05, 0.1) is 45.5 Å². The van der Waals surface area contributed by atoms with E-state index in [4.69, 9.17) is 10.5 Å². The molecule has 410 valence electrons. The zero-order chi connectivity index (χ0) is 57.4. The molecule has 8 aromatic rings. The molecule has 0 aromatic heterocycles. The normalized spacial score (nSPS) is 10.4. The van der Waals surface area contributed by atoms with E-state index >= 15 is 0 Å². The molecule has 0 saturated carbocycles. The Labute approximate surface area is 522 Å². The molecule has 0 heterocycles. The second-order valence-corrected chi connectivity index (χ2v) is 18.0. The number of rotatable bonds is 14. The molecule has 2 radical (unpaired) electrons. The van der Waals surface area contributed by atoms with Crippen molar-refractivity contribution in [2.24, 2.45) is 35.9 Å². The molecule has 22 heteroatoms. The second kappa shape index (κ2) is 38.8. The number of nitrogen functional groups attached to an aromatic ring is 1. The number of benzene rings is 8. The fourth-order valence-corrected chi connectivity index (χ4v) is 6.16. The summed E-state index contributed by atoms with van der Waals surface area (Å²) < 4.78 is 15.4. The Kier molecular flexibility index (Phi) is 33.2. The van der Waals surface area contributed by atoms with Gasteiger partial charge in [-0.1, -0.05) is 70.8 Å². The number of hydrogen-bond acceptors (Lipinski definition) is 16. The van der Waals surface area contributed by atoms with E-state index in [9.17, 15) is 23.9 Å². The van der Waals surface area contributed by atoms with E-state index in [2.05, 4.69) is 62.1 Å². The van der Waals surface area contributed by atoms with Crippen LogP contribution >= 0.6 is 8.03 Å². The number of carbonyl (C=O) groups excluding carboxylic acids is 4. The van der Waals surface area contributed by atoms with Crippen LogP contribution in [-0.4, -0.2) is 30.7 Å². The van der Waals surface area contributed by atoms with E-state index in [0.717, 1.165) is 56.7 Å². The Morgan fingerprint density at radius 2 is 0.741 bits per heavy atom. The SMILES string of the molecule is CC(=O)Nc1ccc(N=Nc2ccc(C)cc2)cc1.C[C-]=O.Cc1ccc(N=Nc2ccc(C(=O)NO[PH](C)=O)cc2)cc1.Cc1ccc(N=Nc2ccc(N)cc2)cc1.Cc1ccc(NNc2ccc(C(=O)N=O)cc2)cc1.[Y].[Y]. The number of anilines is 4. The fourth-order valence-electron chi connectivity index (χ4n) is 5.92. The van der Waals surface area contributed by atoms with Gasteiger partial charge in [0.2, 0.25) is 13.9 Å². The van der Waals surface area contributed by atoms with Crippen molar-refractivity contribution in [1.29, 1.82) is 0 Å². The average Bonchev–Trinajstić information content (AvgIpc) is 3.45. The summed E-state index contributed by atoms with van der Waals surface area (Å²) in [6.07, 6.45) is 1.50. The van der Waals surface area contributed by atoms with Gasteiger partial charge >= 0.3 is 5.91 Å². The minimum atomic E-state index is -2.20. The summed E-state index contributed by atoms with van der Waals surface area (Å²) in [5.74, 6) is -1.31. The van der Waals surface area contributed by atoms with Crippen molar-refractivity contribution in [3.05, 3.63) is 232 Å². The molecular formula is C59H60N12O7PY2-. The Hall–Kier alpha value is -7.76. The topological polar surface area (TPSA) is 272 Å². The molecule has 0 aliphatic heterocycles. The van der Waals surface area contributed by atoms with Crippen molar-refractivity contribution in [1.82, 2.24) is 5.48 Å². The fraction of sp³-hybridized carbons (Fsp3) is 0.119. The van der Waals surface area contributed by atoms with E-state index in [-0.39, 0.29) is 76.9 Å². The van der Waals surface area contributed by atoms with Gasteiger partial charge in [-0.2, -0.15) is 37.6 Å². The van der Waals surface area contributed by atoms with Gasteiger partial charge in [-0.25, -0.2) is 10.1 Å². The first kappa shape index (κ1) is 69.3. The van der Waals surface area contributed by atoms with Crippen molar-refractivity contribution >= 4 is 88.9 Å². The van der Waals surface area contributed by atoms with Crippen LogP contribution in [0.1, 0.15) is 56.8 Å². The number of nitrogens with zero attached hydrogens (tertiary/aromatic N) is 7. The number of azo groups is 3. The van der Waals surface area contributed by atoms with Crippen molar-refractivity contribution in [3.63, 3.8) is 0 Å². The van der Waals surface area contributed by atoms with Crippen LogP contribution in [0.25, 0.3) is 0 Å². The quantitative estimate of drug-likeness (QED) is 0.0171. The summed E-state index contributed by atoms with van der Waals surface area (Å²) in [5, 5.41) is 29.8. The predicted octanol–water partition coefficient (Wildman–Crippen LogP) is 16.0. The van der Waals surface area contributed by atoms with Crippen LogP contribution in [0.4, 0.5) is 56.9 Å². The first-order chi connectivity index (χ1) is 38.0. The smallest absolute Gasteiger partial charge is 0.316 e. The molecule has 81 heavy (non-hydrogen) atoms. The van der Waals surface area contributed by atoms with Crippen molar-refractivity contribution < 1.29 is 93.8 Å². The standard InChI is InChI=1S/C15H16N3O3P.C15H15N3O.C14H13N3O2.C13H13N3.C2H3O.2Y/c1-11-3-7-13(8-4-11)16-17-14-9-5-12(6-10-14)15(19)18-21-22(2)20;1-11-3-5-14(6-4-11)17-18-15-9-7-13(8-10-15)16-12(2)19;1-10-2-6-12(7-3-10)15-16-13-8-4-11(5-9-13)14(18)17-19;1-10-2-6-12(7-3-10)15-16-13-8-4-11(14)5-9-13;1-2-3;;/h3-10,22H,1-2H3,(H,18,19);3-10H,1-2H3,(H,16,19);2-9,15-16H,1H3;2-9H,14H2,1H3;1H3;;/q;;;;-1;;. The molecule has 0 aliphatic carbocycles. The minimum Gasteiger partial charge on any atom is -0.542 e. The molecule has 8 rings (SSSR count). The number of carbonyl (C=O) groups is 3. The largest absolute Gasteiger partial charge is 0.542 e. The summed E-state index contributed by atoms with van der Waals surface area (Å²) in [6.45, 7) is 12.3. The summed E-state index contributed by atoms with van der Waals surface area (Å²) in [6, 6.07) is 58.8. The van der Waals surface area contributed by atoms with Gasteiger partial charge in [0.15, 0.2) is 0 Å². The van der Waals surface area contributed by atoms with Gasteiger partial charge in [-0.3, -0.25) is 25.2 Å². The van der Waals surface area contributed by atoms with Gasteiger partial charge in [0, 0.05) is 107 Å². The molecule has 1 atom stereocenters. The van der Waals surface area contributed by atoms with E-state index in [1.807, 2.05) is 161 Å². The summed E-state index contributed by atoms with van der Waals surface area (Å²) in [5.41, 5.74) is 26.9. The number of nitrogens with two attached hydrogens (primary N) is 1. The number of hydroxylamine groups is 1. The molecule has 0 aliphatic rings. The Balaban J connectivity index is 0.000000361. The van der Waals surface area contributed by atoms with Gasteiger partial charge < -0.3 is 26.7 Å². The zero-order valence-electron chi connectivity index (χ0n) is 45.7. The number of aryl methyl sites for hydroxylation is 4. The average molecular weight is 1260 g/mol. The molecule has 0 fully saturated rings. The summed E-state index contributed by atoms with van der Waals surface area (Å²) in [7, 11) is -2.20. The third kappa shape index (κ3) is 28.8. The Morgan fingerprint density at radius 3 is 1.06 bits per heavy atom. The van der Waals surface area contributed by atoms with Gasteiger partial charge in [0.1, 0.15) is 0 Å². The third-order valence-electron chi connectivity index (χ3n) is 10.1. The monoisotopic (exact) mass is 1260 g/mol. The molecular weight excluding hydrogens is 1200 g/mol. The van der Waals surface area contributed by atoms with Crippen molar-refractivity contribution in [2.45, 2.75) is 41.5 Å². The molecule has 19 nitrogen and oxygen atoms in total. The maximum Gasteiger partial charge on any atom is 0.316 e. The van der Waals surface area contributed by atoms with Crippen LogP contribution in [0.3, 0.4) is 0 Å². The maximum absolute atomic E-state index is 11.7. The first-order valence-corrected chi connectivity index (χ1v) is 26.0. The Bertz CT molecular complexity index is 3250. The number of nitroso groups, excluding NO2 is 1. The molecule has 1 unspecified atom stereocenters. The van der Waals surface area contributed by atoms with E-state index < -0.39 is 19.8 Å². The molecule has 0 bridgehead atoms. The Morgan fingerprint density at radius 1 is 0.469 bits per heavy atom. The summed E-state index contributed by atoms with van der Waals surface area (Å²) >= 11 is 0. The van der Waals surface area contributed by atoms with Gasteiger partial charge in [0.25, 0.3) is 5.91 Å². The number of amides is 3. The maximum atomic E-state index is 11.7. The molecule has 3 amide bonds. The van der Waals surface area contributed by atoms with E-state index in [0.29, 0.717) is 11.3 Å². The van der Waals surface area contributed by atoms with Crippen LogP contribution in [0.5, 0.6) is 0 Å². The number of hydrazine groups is 1. The minimum absolute atomic E-state index is 0. The second-order valence-electron chi connectivity index (χ2n) is 16.8. The predicted molar refractivity (Wildman–Crippen MR) is 314 cm³/mol. The van der Waals surface area contributed by atoms with Crippen molar-refractivity contribution in [2.75, 3.05) is 28.6 Å². The van der Waals surface area contributed by atoms with E-state index in [1.165, 1.54) is 43.5 Å². The van der Waals surface area contributed by atoms with E-state index in [1.54, 1.807) is 60.7 Å². The first-order valence-electron chi connectivity index (χ1n) is 24.1. The molecule has 0 saturated heterocycles. The van der Waals surface area contributed by atoms with Crippen LogP contribution in [0.15, 0.2) is 230 Å². The number of nitrogens with one attached hydrogen (secondary N) is 4. The van der Waals surface area contributed by atoms with Crippen LogP contribution in [0, 0.1) is 32.6 Å². The third-order valence-corrected chi connectivity index (χ3v) is 10.4. The molecule has 8 aromatic carbocycles. The molecule has 6 N–H and O–H groups in total. The van der Waals surface area contributed by atoms with Crippen LogP contribution in [0.2, 0.25) is 0 Å². The zero-order valence-corrected chi connectivity index (χ0v) is 52.4. The molecule has 0 spiro atoms.